The molecule has 0 aliphatic carbocycles. The predicted octanol–water partition coefficient (Wildman–Crippen LogP) is 3.00. The predicted molar refractivity (Wildman–Crippen MR) is 117 cm³/mol. The number of hydrogen-bond acceptors (Lipinski definition) is 4. The molecule has 0 saturated carbocycles. The van der Waals surface area contributed by atoms with Gasteiger partial charge in [-0.3, -0.25) is 19.3 Å². The van der Waals surface area contributed by atoms with E-state index in [1.807, 2.05) is 0 Å². The van der Waals surface area contributed by atoms with E-state index in [-0.39, 0.29) is 11.6 Å². The van der Waals surface area contributed by atoms with E-state index in [2.05, 4.69) is 10.6 Å². The molecule has 1 fully saturated rings. The van der Waals surface area contributed by atoms with Gasteiger partial charge in [-0.05, 0) is 43.3 Å². The maximum absolute atomic E-state index is 13.0. The van der Waals surface area contributed by atoms with Crippen LogP contribution >= 0.6 is 23.2 Å². The minimum absolute atomic E-state index is 0.191. The van der Waals surface area contributed by atoms with Gasteiger partial charge in [-0.2, -0.15) is 0 Å². The van der Waals surface area contributed by atoms with Crippen LogP contribution in [0.1, 0.15) is 12.5 Å². The van der Waals surface area contributed by atoms with Crippen LogP contribution in [0, 0.1) is 5.82 Å². The van der Waals surface area contributed by atoms with Crippen LogP contribution in [-0.4, -0.2) is 53.7 Å². The number of benzene rings is 2. The van der Waals surface area contributed by atoms with Gasteiger partial charge in [0, 0.05) is 28.3 Å². The minimum atomic E-state index is -1.47. The number of nitrogens with zero attached hydrogens (tertiary/aromatic N) is 2. The number of urea groups is 1. The lowest BCUT2D eigenvalue weighted by atomic mass is 9.92. The van der Waals surface area contributed by atoms with Gasteiger partial charge in [0.15, 0.2) is 0 Å². The van der Waals surface area contributed by atoms with E-state index in [0.717, 1.165) is 9.80 Å². The second kappa shape index (κ2) is 9.13. The number of hydrogen-bond donors (Lipinski definition) is 2. The van der Waals surface area contributed by atoms with Crippen LogP contribution in [0.3, 0.4) is 0 Å². The fraction of sp³-hybridized carbons (Fsp3) is 0.238. The Hall–Kier alpha value is -3.17. The molecule has 1 aliphatic rings. The molecule has 1 saturated heterocycles. The van der Waals surface area contributed by atoms with Crippen molar-refractivity contribution in [3.63, 3.8) is 0 Å². The summed E-state index contributed by atoms with van der Waals surface area (Å²) in [4.78, 5) is 52.0. The molecular formula is C21H19Cl2FN4O4. The van der Waals surface area contributed by atoms with Gasteiger partial charge in [-0.1, -0.05) is 29.3 Å². The third-order valence-corrected chi connectivity index (χ3v) is 5.52. The van der Waals surface area contributed by atoms with Crippen molar-refractivity contribution in [1.29, 1.82) is 0 Å². The van der Waals surface area contributed by atoms with E-state index >= 15 is 0 Å². The standard InChI is InChI=1S/C21H19Cl2FN4O4/c1-21(15-8-3-12(22)9-16(15)23)19(31)28(20(32)26-21)11-18(30)27(2)10-17(29)25-14-6-4-13(24)5-7-14/h3-9H,10-11H2,1-2H3,(H,25,29)(H,26,32)/t21-/m1/s1. The van der Waals surface area contributed by atoms with Crippen LogP contribution < -0.4 is 10.6 Å². The summed E-state index contributed by atoms with van der Waals surface area (Å²) < 4.78 is 13.0. The van der Waals surface area contributed by atoms with E-state index in [4.69, 9.17) is 23.2 Å². The summed E-state index contributed by atoms with van der Waals surface area (Å²) in [6, 6.07) is 8.88. The molecule has 0 unspecified atom stereocenters. The number of likely N-dealkylation sites (N-methyl/N-ethyl adjacent to an activating group) is 1. The maximum atomic E-state index is 13.0. The molecule has 3 rings (SSSR count). The first-order valence-electron chi connectivity index (χ1n) is 9.40. The quantitative estimate of drug-likeness (QED) is 0.620. The zero-order valence-corrected chi connectivity index (χ0v) is 18.6. The number of carbonyl (C=O) groups is 4. The highest BCUT2D eigenvalue weighted by Gasteiger charge is 2.50. The highest BCUT2D eigenvalue weighted by atomic mass is 35.5. The highest BCUT2D eigenvalue weighted by molar-refractivity contribution is 6.35. The van der Waals surface area contributed by atoms with E-state index in [0.29, 0.717) is 16.3 Å². The largest absolute Gasteiger partial charge is 0.335 e. The Balaban J connectivity index is 1.65. The van der Waals surface area contributed by atoms with Crippen LogP contribution in [0.25, 0.3) is 0 Å². The molecule has 11 heteroatoms. The molecule has 168 valence electrons. The molecule has 8 nitrogen and oxygen atoms in total. The molecule has 1 heterocycles. The molecule has 5 amide bonds. The smallest absolute Gasteiger partial charge is 0.325 e. The zero-order valence-electron chi connectivity index (χ0n) is 17.1. The molecule has 2 aromatic rings. The van der Waals surface area contributed by atoms with Gasteiger partial charge in [0.2, 0.25) is 11.8 Å². The molecule has 1 aliphatic heterocycles. The summed E-state index contributed by atoms with van der Waals surface area (Å²) in [5.74, 6) is -2.27. The minimum Gasteiger partial charge on any atom is -0.335 e. The fourth-order valence-electron chi connectivity index (χ4n) is 3.21. The molecule has 2 aromatic carbocycles. The SMILES string of the molecule is CN(CC(=O)Nc1ccc(F)cc1)C(=O)CN1C(=O)N[C@](C)(c2ccc(Cl)cc2Cl)C1=O. The molecule has 2 N–H and O–H groups in total. The van der Waals surface area contributed by atoms with Crippen molar-refractivity contribution in [2.24, 2.45) is 0 Å². The van der Waals surface area contributed by atoms with E-state index in [1.165, 1.54) is 56.4 Å². The number of carbonyl (C=O) groups excluding carboxylic acids is 4. The lowest BCUT2D eigenvalue weighted by molar-refractivity contribution is -0.139. The van der Waals surface area contributed by atoms with Crippen LogP contribution in [0.5, 0.6) is 0 Å². The average Bonchev–Trinajstić information content (AvgIpc) is 2.93. The molecular weight excluding hydrogens is 462 g/mol. The van der Waals surface area contributed by atoms with Crippen molar-refractivity contribution >= 4 is 52.6 Å². The van der Waals surface area contributed by atoms with Gasteiger partial charge in [0.25, 0.3) is 5.91 Å². The highest BCUT2D eigenvalue weighted by Crippen LogP contribution is 2.34. The number of rotatable bonds is 6. The van der Waals surface area contributed by atoms with Gasteiger partial charge in [-0.25, -0.2) is 9.18 Å². The number of halogens is 3. The Morgan fingerprint density at radius 2 is 1.81 bits per heavy atom. The fourth-order valence-corrected chi connectivity index (χ4v) is 3.81. The average molecular weight is 481 g/mol. The Bertz CT molecular complexity index is 1100. The second-order valence-electron chi connectivity index (χ2n) is 7.38. The van der Waals surface area contributed by atoms with Crippen molar-refractivity contribution in [3.05, 3.63) is 63.9 Å². The van der Waals surface area contributed by atoms with Crippen molar-refractivity contribution < 1.29 is 23.6 Å². The van der Waals surface area contributed by atoms with Gasteiger partial charge in [-0.15, -0.1) is 0 Å². The molecule has 32 heavy (non-hydrogen) atoms. The molecule has 0 spiro atoms. The monoisotopic (exact) mass is 480 g/mol. The van der Waals surface area contributed by atoms with Crippen LogP contribution in [-0.2, 0) is 19.9 Å². The second-order valence-corrected chi connectivity index (χ2v) is 8.22. The van der Waals surface area contributed by atoms with E-state index < -0.39 is 41.7 Å². The first-order chi connectivity index (χ1) is 15.0. The van der Waals surface area contributed by atoms with Crippen LogP contribution in [0.2, 0.25) is 10.0 Å². The maximum Gasteiger partial charge on any atom is 0.325 e. The number of imide groups is 1. The third kappa shape index (κ3) is 4.84. The van der Waals surface area contributed by atoms with Crippen molar-refractivity contribution in [1.82, 2.24) is 15.1 Å². The Morgan fingerprint density at radius 3 is 2.44 bits per heavy atom. The van der Waals surface area contributed by atoms with Gasteiger partial charge in [0.1, 0.15) is 17.9 Å². The Morgan fingerprint density at radius 1 is 1.16 bits per heavy atom. The van der Waals surface area contributed by atoms with Crippen molar-refractivity contribution in [2.75, 3.05) is 25.5 Å². The van der Waals surface area contributed by atoms with Gasteiger partial charge >= 0.3 is 6.03 Å². The lowest BCUT2D eigenvalue weighted by Gasteiger charge is -2.24. The van der Waals surface area contributed by atoms with E-state index in [9.17, 15) is 23.6 Å². The van der Waals surface area contributed by atoms with Crippen molar-refractivity contribution in [3.8, 4) is 0 Å². The van der Waals surface area contributed by atoms with Crippen LogP contribution in [0.4, 0.5) is 14.9 Å². The summed E-state index contributed by atoms with van der Waals surface area (Å²) in [5.41, 5.74) is -0.775. The first kappa shape index (κ1) is 23.5. The topological polar surface area (TPSA) is 98.8 Å². The summed E-state index contributed by atoms with van der Waals surface area (Å²) in [7, 11) is 1.36. The number of amides is 5. The van der Waals surface area contributed by atoms with E-state index in [1.54, 1.807) is 0 Å². The molecule has 0 bridgehead atoms. The normalized spacial score (nSPS) is 17.8. The van der Waals surface area contributed by atoms with Gasteiger partial charge in [0.05, 0.1) is 6.54 Å². The van der Waals surface area contributed by atoms with Crippen molar-refractivity contribution in [2.45, 2.75) is 12.5 Å². The van der Waals surface area contributed by atoms with Gasteiger partial charge < -0.3 is 15.5 Å². The summed E-state index contributed by atoms with van der Waals surface area (Å²) in [6.45, 7) is 0.582. The first-order valence-corrected chi connectivity index (χ1v) is 10.2. The summed E-state index contributed by atoms with van der Waals surface area (Å²) in [5, 5.41) is 5.64. The molecule has 0 radical (unpaired) electrons. The Labute approximate surface area is 193 Å². The summed E-state index contributed by atoms with van der Waals surface area (Å²) >= 11 is 12.1. The number of anilines is 1. The lowest BCUT2D eigenvalue weighted by Crippen LogP contribution is -2.45. The summed E-state index contributed by atoms with van der Waals surface area (Å²) in [6.07, 6.45) is 0. The third-order valence-electron chi connectivity index (χ3n) is 4.97. The Kier molecular flexibility index (Phi) is 6.71. The van der Waals surface area contributed by atoms with Crippen LogP contribution in [0.15, 0.2) is 42.5 Å². The zero-order chi connectivity index (χ0) is 23.6. The molecule has 0 aromatic heterocycles. The molecule has 1 atom stereocenters. The number of nitrogens with one attached hydrogen (secondary N) is 2.